The maximum Gasteiger partial charge on any atom is 0.280 e. The fraction of sp³-hybridized carbons (Fsp3) is 0.100. The van der Waals surface area contributed by atoms with Gasteiger partial charge in [0, 0.05) is 30.2 Å². The van der Waals surface area contributed by atoms with E-state index < -0.39 is 11.3 Å². The number of amides is 1. The number of hydrogen-bond donors (Lipinski definition) is 1. The molecule has 0 atom stereocenters. The van der Waals surface area contributed by atoms with Gasteiger partial charge in [0.25, 0.3) is 5.91 Å². The molecule has 28 heavy (non-hydrogen) atoms. The van der Waals surface area contributed by atoms with E-state index in [-0.39, 0.29) is 5.69 Å². The summed E-state index contributed by atoms with van der Waals surface area (Å²) in [6.45, 7) is 0.575. The zero-order chi connectivity index (χ0) is 19.7. The van der Waals surface area contributed by atoms with Gasteiger partial charge in [-0.25, -0.2) is 0 Å². The van der Waals surface area contributed by atoms with Crippen molar-refractivity contribution < 1.29 is 4.79 Å². The minimum absolute atomic E-state index is 0.185. The molecule has 0 unspecified atom stereocenters. The molecule has 0 bridgehead atoms. The summed E-state index contributed by atoms with van der Waals surface area (Å²) < 4.78 is 3.28. The van der Waals surface area contributed by atoms with Crippen molar-refractivity contribution in [1.82, 2.24) is 19.6 Å². The van der Waals surface area contributed by atoms with E-state index in [1.807, 2.05) is 30.5 Å². The van der Waals surface area contributed by atoms with Crippen LogP contribution in [0.1, 0.15) is 16.1 Å². The lowest BCUT2D eigenvalue weighted by atomic mass is 10.1. The van der Waals surface area contributed by atoms with E-state index >= 15 is 0 Å². The number of fused-ring (bicyclic) bond motifs is 1. The van der Waals surface area contributed by atoms with Crippen LogP contribution in [-0.4, -0.2) is 25.5 Å². The molecule has 140 valence electrons. The molecule has 2 heterocycles. The van der Waals surface area contributed by atoms with E-state index in [0.29, 0.717) is 28.2 Å². The van der Waals surface area contributed by atoms with Crippen molar-refractivity contribution in [1.29, 1.82) is 0 Å². The maximum atomic E-state index is 12.7. The quantitative estimate of drug-likeness (QED) is 0.577. The molecule has 8 heteroatoms. The minimum atomic E-state index is -0.571. The van der Waals surface area contributed by atoms with E-state index in [1.54, 1.807) is 42.2 Å². The first kappa shape index (κ1) is 17.9. The summed E-state index contributed by atoms with van der Waals surface area (Å²) in [6, 6.07) is 14.1. The molecular weight excluding hydrogens is 378 g/mol. The second-order valence-electron chi connectivity index (χ2n) is 6.32. The summed E-state index contributed by atoms with van der Waals surface area (Å²) in [5.74, 6) is -0.571. The van der Waals surface area contributed by atoms with Crippen LogP contribution < -0.4 is 10.7 Å². The number of nitrogens with zero attached hydrogens (tertiary/aromatic N) is 4. The Morgan fingerprint density at radius 1 is 1.18 bits per heavy atom. The molecule has 0 aliphatic rings. The van der Waals surface area contributed by atoms with Crippen LogP contribution >= 0.6 is 11.6 Å². The number of anilines is 1. The van der Waals surface area contributed by atoms with Gasteiger partial charge in [-0.15, -0.1) is 0 Å². The van der Waals surface area contributed by atoms with Crippen molar-refractivity contribution in [2.45, 2.75) is 6.54 Å². The third-order valence-corrected chi connectivity index (χ3v) is 4.56. The Labute approximate surface area is 165 Å². The van der Waals surface area contributed by atoms with Crippen molar-refractivity contribution in [2.24, 2.45) is 7.05 Å². The molecule has 2 aromatic heterocycles. The predicted octanol–water partition coefficient (Wildman–Crippen LogP) is 3.08. The van der Waals surface area contributed by atoms with Gasteiger partial charge in [0.1, 0.15) is 0 Å². The molecule has 0 aliphatic heterocycles. The summed E-state index contributed by atoms with van der Waals surface area (Å²) in [6.07, 6.45) is 3.57. The van der Waals surface area contributed by atoms with Gasteiger partial charge in [0.2, 0.25) is 5.43 Å². The van der Waals surface area contributed by atoms with Gasteiger partial charge in [0.15, 0.2) is 5.69 Å². The average molecular weight is 394 g/mol. The van der Waals surface area contributed by atoms with Gasteiger partial charge in [-0.2, -0.15) is 10.2 Å². The number of halogens is 1. The first-order valence-corrected chi connectivity index (χ1v) is 8.93. The summed E-state index contributed by atoms with van der Waals surface area (Å²) >= 11 is 6.00. The highest BCUT2D eigenvalue weighted by molar-refractivity contribution is 6.31. The Kier molecular flexibility index (Phi) is 4.67. The van der Waals surface area contributed by atoms with Gasteiger partial charge >= 0.3 is 0 Å². The molecule has 4 aromatic rings. The van der Waals surface area contributed by atoms with Crippen LogP contribution in [0.3, 0.4) is 0 Å². The lowest BCUT2D eigenvalue weighted by Gasteiger charge is -2.10. The lowest BCUT2D eigenvalue weighted by Crippen LogP contribution is -2.26. The second kappa shape index (κ2) is 7.28. The second-order valence-corrected chi connectivity index (χ2v) is 6.76. The number of benzene rings is 2. The molecule has 4 rings (SSSR count). The fourth-order valence-corrected chi connectivity index (χ4v) is 3.19. The molecule has 0 spiro atoms. The monoisotopic (exact) mass is 393 g/mol. The van der Waals surface area contributed by atoms with Crippen LogP contribution in [0.2, 0.25) is 5.02 Å². The van der Waals surface area contributed by atoms with E-state index in [1.165, 1.54) is 4.68 Å². The fourth-order valence-electron chi connectivity index (χ4n) is 3.02. The average Bonchev–Trinajstić information content (AvgIpc) is 3.17. The summed E-state index contributed by atoms with van der Waals surface area (Å²) in [5.41, 5.74) is 1.50. The summed E-state index contributed by atoms with van der Waals surface area (Å²) in [4.78, 5) is 25.4. The number of carbonyl (C=O) groups is 1. The highest BCUT2D eigenvalue weighted by atomic mass is 35.5. The number of rotatable bonds is 4. The molecule has 1 N–H and O–H groups in total. The summed E-state index contributed by atoms with van der Waals surface area (Å²) in [5, 5.41) is 11.8. The van der Waals surface area contributed by atoms with Gasteiger partial charge in [0.05, 0.1) is 17.4 Å². The Hall–Kier alpha value is -3.45. The maximum absolute atomic E-state index is 12.7. The zero-order valence-corrected chi connectivity index (χ0v) is 15.7. The topological polar surface area (TPSA) is 81.8 Å². The van der Waals surface area contributed by atoms with Crippen molar-refractivity contribution >= 4 is 34.1 Å². The van der Waals surface area contributed by atoms with E-state index in [9.17, 15) is 9.59 Å². The SMILES string of the molecule is Cn1nc(C(=O)Nc2cccc(Cn3cccn3)c2)c(=O)c2cc(Cl)ccc21. The Morgan fingerprint density at radius 2 is 2.04 bits per heavy atom. The number of nitrogens with one attached hydrogen (secondary N) is 1. The highest BCUT2D eigenvalue weighted by Crippen LogP contribution is 2.17. The summed E-state index contributed by atoms with van der Waals surface area (Å²) in [7, 11) is 1.68. The predicted molar refractivity (Wildman–Crippen MR) is 108 cm³/mol. The first-order valence-electron chi connectivity index (χ1n) is 8.55. The molecule has 0 saturated carbocycles. The number of aryl methyl sites for hydroxylation is 1. The number of aromatic nitrogens is 4. The molecule has 0 fully saturated rings. The minimum Gasteiger partial charge on any atom is -0.320 e. The normalized spacial score (nSPS) is 10.9. The van der Waals surface area contributed by atoms with Crippen LogP contribution in [0.5, 0.6) is 0 Å². The van der Waals surface area contributed by atoms with Crippen molar-refractivity contribution in [3.8, 4) is 0 Å². The third kappa shape index (κ3) is 3.52. The molecule has 1 amide bonds. The Balaban J connectivity index is 1.64. The largest absolute Gasteiger partial charge is 0.320 e. The molecule has 2 aromatic carbocycles. The number of carbonyl (C=O) groups excluding carboxylic acids is 1. The van der Waals surface area contributed by atoms with E-state index in [2.05, 4.69) is 15.5 Å². The zero-order valence-electron chi connectivity index (χ0n) is 15.0. The molecule has 0 radical (unpaired) electrons. The van der Waals surface area contributed by atoms with Crippen LogP contribution in [-0.2, 0) is 13.6 Å². The van der Waals surface area contributed by atoms with Crippen molar-refractivity contribution in [2.75, 3.05) is 5.32 Å². The molecule has 0 saturated heterocycles. The van der Waals surface area contributed by atoms with E-state index in [0.717, 1.165) is 5.56 Å². The Bertz CT molecular complexity index is 1230. The van der Waals surface area contributed by atoms with Gasteiger partial charge in [-0.05, 0) is 42.0 Å². The molecule has 0 aliphatic carbocycles. The lowest BCUT2D eigenvalue weighted by molar-refractivity contribution is 0.101. The first-order chi connectivity index (χ1) is 13.5. The van der Waals surface area contributed by atoms with Crippen molar-refractivity contribution in [3.05, 3.63) is 87.4 Å². The molecular formula is C20H16ClN5O2. The Morgan fingerprint density at radius 3 is 2.82 bits per heavy atom. The highest BCUT2D eigenvalue weighted by Gasteiger charge is 2.17. The van der Waals surface area contributed by atoms with E-state index in [4.69, 9.17) is 11.6 Å². The van der Waals surface area contributed by atoms with Crippen LogP contribution in [0, 0.1) is 0 Å². The van der Waals surface area contributed by atoms with Crippen molar-refractivity contribution in [3.63, 3.8) is 0 Å². The van der Waals surface area contributed by atoms with Crippen LogP contribution in [0.15, 0.2) is 65.7 Å². The smallest absolute Gasteiger partial charge is 0.280 e. The standard InChI is InChI=1S/C20H16ClN5O2/c1-25-17-7-6-14(21)11-16(17)19(27)18(24-25)20(28)23-15-5-2-4-13(10-15)12-26-9-3-8-22-26/h2-11H,12H2,1H3,(H,23,28). The van der Waals surface area contributed by atoms with Crippen LogP contribution in [0.4, 0.5) is 5.69 Å². The van der Waals surface area contributed by atoms with Gasteiger partial charge in [-0.1, -0.05) is 23.7 Å². The third-order valence-electron chi connectivity index (χ3n) is 4.32. The van der Waals surface area contributed by atoms with Gasteiger partial charge < -0.3 is 5.32 Å². The van der Waals surface area contributed by atoms with Crippen LogP contribution in [0.25, 0.3) is 10.9 Å². The van der Waals surface area contributed by atoms with Gasteiger partial charge in [-0.3, -0.25) is 19.0 Å². The molecule has 7 nitrogen and oxygen atoms in total. The number of hydrogen-bond acceptors (Lipinski definition) is 4.